The molecule has 66 valence electrons. The predicted molar refractivity (Wildman–Crippen MR) is 57.6 cm³/mol. The van der Waals surface area contributed by atoms with E-state index in [1.54, 1.807) is 6.07 Å². The monoisotopic (exact) mass is 279 g/mol. The van der Waals surface area contributed by atoms with Crippen molar-refractivity contribution in [2.75, 3.05) is 5.73 Å². The van der Waals surface area contributed by atoms with Crippen LogP contribution in [0.2, 0.25) is 0 Å². The average molecular weight is 279 g/mol. The van der Waals surface area contributed by atoms with Gasteiger partial charge in [-0.15, -0.1) is 0 Å². The lowest BCUT2D eigenvalue weighted by Crippen LogP contribution is -2.00. The minimum absolute atomic E-state index is 0.141. The summed E-state index contributed by atoms with van der Waals surface area (Å²) in [4.78, 5) is 0. The molecule has 0 unspecified atom stereocenters. The Labute approximate surface area is 85.3 Å². The predicted octanol–water partition coefficient (Wildman–Crippen LogP) is 3.14. The lowest BCUT2D eigenvalue weighted by atomic mass is 10.0. The first kappa shape index (κ1) is 9.77. The molecule has 0 fully saturated rings. The van der Waals surface area contributed by atoms with Crippen LogP contribution in [0, 0.1) is 9.39 Å². The van der Waals surface area contributed by atoms with Gasteiger partial charge in [-0.25, -0.2) is 4.39 Å². The number of halogens is 2. The Balaban J connectivity index is 3.28. The van der Waals surface area contributed by atoms with Crippen molar-refractivity contribution in [3.63, 3.8) is 0 Å². The molecule has 1 nitrogen and oxygen atoms in total. The van der Waals surface area contributed by atoms with E-state index in [4.69, 9.17) is 5.73 Å². The Morgan fingerprint density at radius 1 is 1.42 bits per heavy atom. The standard InChI is InChI=1S/C9H11FIN/c1-5(2)9-7(10)3-6(11)4-8(9)12/h3-5H,12H2,1-2H3. The number of hydrogen-bond acceptors (Lipinski definition) is 1. The first-order valence-electron chi connectivity index (χ1n) is 3.76. The molecule has 0 heterocycles. The first-order valence-corrected chi connectivity index (χ1v) is 4.84. The highest BCUT2D eigenvalue weighted by atomic mass is 127. The highest BCUT2D eigenvalue weighted by molar-refractivity contribution is 14.1. The smallest absolute Gasteiger partial charge is 0.129 e. The maximum atomic E-state index is 13.3. The Morgan fingerprint density at radius 3 is 2.42 bits per heavy atom. The summed E-state index contributed by atoms with van der Waals surface area (Å²) in [5.74, 6) is -0.0589. The van der Waals surface area contributed by atoms with E-state index < -0.39 is 0 Å². The van der Waals surface area contributed by atoms with Crippen molar-refractivity contribution in [2.45, 2.75) is 19.8 Å². The zero-order valence-corrected chi connectivity index (χ0v) is 9.22. The Morgan fingerprint density at radius 2 is 2.00 bits per heavy atom. The molecular formula is C9H11FIN. The van der Waals surface area contributed by atoms with Gasteiger partial charge in [-0.1, -0.05) is 13.8 Å². The molecule has 0 spiro atoms. The molecule has 1 aromatic rings. The third-order valence-electron chi connectivity index (χ3n) is 1.70. The highest BCUT2D eigenvalue weighted by Crippen LogP contribution is 2.26. The molecule has 0 saturated carbocycles. The fourth-order valence-electron chi connectivity index (χ4n) is 1.21. The molecule has 0 saturated heterocycles. The van der Waals surface area contributed by atoms with Crippen LogP contribution in [0.4, 0.5) is 10.1 Å². The summed E-state index contributed by atoms with van der Waals surface area (Å²) in [6.45, 7) is 3.86. The molecule has 0 radical (unpaired) electrons. The number of anilines is 1. The van der Waals surface area contributed by atoms with Crippen LogP contribution in [0.15, 0.2) is 12.1 Å². The molecule has 0 bridgehead atoms. The normalized spacial score (nSPS) is 10.8. The largest absolute Gasteiger partial charge is 0.398 e. The fraction of sp³-hybridized carbons (Fsp3) is 0.333. The van der Waals surface area contributed by atoms with Crippen LogP contribution >= 0.6 is 22.6 Å². The third-order valence-corrected chi connectivity index (χ3v) is 2.33. The third kappa shape index (κ3) is 1.88. The van der Waals surface area contributed by atoms with Crippen LogP contribution < -0.4 is 5.73 Å². The maximum Gasteiger partial charge on any atom is 0.129 e. The van der Waals surface area contributed by atoms with Crippen molar-refractivity contribution in [2.24, 2.45) is 0 Å². The van der Waals surface area contributed by atoms with Gasteiger partial charge in [0.2, 0.25) is 0 Å². The molecule has 0 atom stereocenters. The maximum absolute atomic E-state index is 13.3. The second-order valence-electron chi connectivity index (χ2n) is 3.05. The SMILES string of the molecule is CC(C)c1c(N)cc(I)cc1F. The van der Waals surface area contributed by atoms with Crippen LogP contribution in [0.1, 0.15) is 25.3 Å². The molecule has 0 aliphatic heterocycles. The van der Waals surface area contributed by atoms with E-state index in [1.807, 2.05) is 13.8 Å². The van der Waals surface area contributed by atoms with Crippen molar-refractivity contribution < 1.29 is 4.39 Å². The summed E-state index contributed by atoms with van der Waals surface area (Å²) in [5, 5.41) is 0. The van der Waals surface area contributed by atoms with Crippen molar-refractivity contribution >= 4 is 28.3 Å². The van der Waals surface area contributed by atoms with E-state index in [-0.39, 0.29) is 11.7 Å². The van der Waals surface area contributed by atoms with Gasteiger partial charge in [-0.05, 0) is 40.6 Å². The van der Waals surface area contributed by atoms with E-state index in [2.05, 4.69) is 22.6 Å². The molecule has 0 aliphatic carbocycles. The van der Waals surface area contributed by atoms with Crippen molar-refractivity contribution in [1.82, 2.24) is 0 Å². The highest BCUT2D eigenvalue weighted by Gasteiger charge is 2.10. The minimum Gasteiger partial charge on any atom is -0.398 e. The van der Waals surface area contributed by atoms with E-state index in [0.717, 1.165) is 3.57 Å². The molecule has 0 aliphatic rings. The summed E-state index contributed by atoms with van der Waals surface area (Å²) in [5.41, 5.74) is 6.85. The second kappa shape index (κ2) is 3.60. The van der Waals surface area contributed by atoms with E-state index in [9.17, 15) is 4.39 Å². The first-order chi connectivity index (χ1) is 5.52. The zero-order valence-electron chi connectivity index (χ0n) is 7.07. The van der Waals surface area contributed by atoms with Crippen molar-refractivity contribution in [3.05, 3.63) is 27.1 Å². The van der Waals surface area contributed by atoms with Gasteiger partial charge in [-0.3, -0.25) is 0 Å². The molecule has 3 heteroatoms. The summed E-state index contributed by atoms with van der Waals surface area (Å²) >= 11 is 2.05. The van der Waals surface area contributed by atoms with E-state index in [0.29, 0.717) is 11.3 Å². The van der Waals surface area contributed by atoms with Crippen LogP contribution in [0.25, 0.3) is 0 Å². The van der Waals surface area contributed by atoms with Gasteiger partial charge in [-0.2, -0.15) is 0 Å². The summed E-state index contributed by atoms with van der Waals surface area (Å²) in [7, 11) is 0. The number of benzene rings is 1. The Bertz CT molecular complexity index is 274. The summed E-state index contributed by atoms with van der Waals surface area (Å²) < 4.78 is 14.1. The van der Waals surface area contributed by atoms with Gasteiger partial charge in [0.25, 0.3) is 0 Å². The van der Waals surface area contributed by atoms with Crippen LogP contribution in [0.5, 0.6) is 0 Å². The van der Waals surface area contributed by atoms with Gasteiger partial charge < -0.3 is 5.73 Å². The Kier molecular flexibility index (Phi) is 2.93. The molecule has 12 heavy (non-hydrogen) atoms. The fourth-order valence-corrected chi connectivity index (χ4v) is 1.82. The van der Waals surface area contributed by atoms with Gasteiger partial charge in [0.05, 0.1) is 0 Å². The molecule has 0 aromatic heterocycles. The van der Waals surface area contributed by atoms with Gasteiger partial charge in [0.1, 0.15) is 5.82 Å². The quantitative estimate of drug-likeness (QED) is 0.620. The van der Waals surface area contributed by atoms with Crippen LogP contribution in [0.3, 0.4) is 0 Å². The van der Waals surface area contributed by atoms with Crippen molar-refractivity contribution in [1.29, 1.82) is 0 Å². The lowest BCUT2D eigenvalue weighted by Gasteiger charge is -2.10. The number of rotatable bonds is 1. The summed E-state index contributed by atoms with van der Waals surface area (Å²) in [6, 6.07) is 3.30. The van der Waals surface area contributed by atoms with Gasteiger partial charge in [0.15, 0.2) is 0 Å². The number of nitrogens with two attached hydrogens (primary N) is 1. The average Bonchev–Trinajstić information content (AvgIpc) is 1.82. The second-order valence-corrected chi connectivity index (χ2v) is 4.29. The molecule has 1 rings (SSSR count). The number of hydrogen-bond donors (Lipinski definition) is 1. The van der Waals surface area contributed by atoms with E-state index >= 15 is 0 Å². The molecular weight excluding hydrogens is 268 g/mol. The van der Waals surface area contributed by atoms with Crippen LogP contribution in [-0.4, -0.2) is 0 Å². The van der Waals surface area contributed by atoms with Crippen LogP contribution in [-0.2, 0) is 0 Å². The Hall–Kier alpha value is -0.320. The van der Waals surface area contributed by atoms with Gasteiger partial charge in [0, 0.05) is 14.8 Å². The zero-order chi connectivity index (χ0) is 9.30. The number of nitrogen functional groups attached to an aromatic ring is 1. The minimum atomic E-state index is -0.200. The van der Waals surface area contributed by atoms with Gasteiger partial charge >= 0.3 is 0 Å². The molecule has 2 N–H and O–H groups in total. The van der Waals surface area contributed by atoms with Crippen molar-refractivity contribution in [3.8, 4) is 0 Å². The molecule has 0 amide bonds. The summed E-state index contributed by atoms with van der Waals surface area (Å²) in [6.07, 6.45) is 0. The lowest BCUT2D eigenvalue weighted by molar-refractivity contribution is 0.599. The topological polar surface area (TPSA) is 26.0 Å². The molecule has 1 aromatic carbocycles. The van der Waals surface area contributed by atoms with E-state index in [1.165, 1.54) is 6.07 Å².